The fraction of sp³-hybridized carbons (Fsp3) is 0.474. The second-order valence-electron chi connectivity index (χ2n) is 7.48. The highest BCUT2D eigenvalue weighted by molar-refractivity contribution is 7.91. The van der Waals surface area contributed by atoms with Crippen molar-refractivity contribution in [1.82, 2.24) is 14.9 Å². The number of esters is 1. The summed E-state index contributed by atoms with van der Waals surface area (Å²) in [7, 11) is -3.16. The zero-order chi connectivity index (χ0) is 21.4. The van der Waals surface area contributed by atoms with Gasteiger partial charge in [-0.3, -0.25) is 9.59 Å². The van der Waals surface area contributed by atoms with Crippen molar-refractivity contribution in [3.8, 4) is 0 Å². The molecule has 0 unspecified atom stereocenters. The minimum Gasteiger partial charge on any atom is -0.452 e. The third-order valence-electron chi connectivity index (χ3n) is 4.94. The van der Waals surface area contributed by atoms with Gasteiger partial charge in [-0.2, -0.15) is 0 Å². The number of hydrogen-bond donors (Lipinski definition) is 1. The second kappa shape index (κ2) is 7.58. The number of amides is 1. The molecule has 156 valence electrons. The van der Waals surface area contributed by atoms with E-state index in [9.17, 15) is 22.8 Å². The first-order chi connectivity index (χ1) is 13.5. The molecule has 9 nitrogen and oxygen atoms in total. The number of carbonyl (C=O) groups is 2. The maximum Gasteiger partial charge on any atom is 0.338 e. The summed E-state index contributed by atoms with van der Waals surface area (Å²) in [6.45, 7) is 5.05. The first-order valence-electron chi connectivity index (χ1n) is 9.23. The summed E-state index contributed by atoms with van der Waals surface area (Å²) < 4.78 is 29.9. The van der Waals surface area contributed by atoms with Crippen molar-refractivity contribution < 1.29 is 22.7 Å². The minimum atomic E-state index is -3.16. The Kier molecular flexibility index (Phi) is 5.48. The van der Waals surface area contributed by atoms with Crippen molar-refractivity contribution in [1.29, 1.82) is 0 Å². The number of aryl methyl sites for hydroxylation is 2. The predicted octanol–water partition coefficient (Wildman–Crippen LogP) is 0.575. The molecule has 2 heterocycles. The van der Waals surface area contributed by atoms with Gasteiger partial charge in [-0.15, -0.1) is 0 Å². The Bertz CT molecular complexity index is 1150. The lowest BCUT2D eigenvalue weighted by molar-refractivity contribution is -0.125. The Hall–Kier alpha value is -2.75. The molecular formula is C19H23N3O6S. The molecule has 1 aromatic heterocycles. The van der Waals surface area contributed by atoms with Crippen LogP contribution in [-0.2, 0) is 25.9 Å². The van der Waals surface area contributed by atoms with Gasteiger partial charge in [0.05, 0.1) is 33.6 Å². The standard InChI is InChI=1S/C19H23N3O6S/c1-4-22-15-6-5-13(9-14(15)20-12(2)17(22)24)18(25)28-10-16(23)21-19(3)7-8-29(26,27)11-19/h5-6,9H,4,7-8,10-11H2,1-3H3,(H,21,23)/t19-/m0/s1. The molecule has 1 aliphatic heterocycles. The van der Waals surface area contributed by atoms with Crippen molar-refractivity contribution >= 4 is 32.7 Å². The van der Waals surface area contributed by atoms with Crippen LogP contribution in [0.2, 0.25) is 0 Å². The molecule has 1 N–H and O–H groups in total. The van der Waals surface area contributed by atoms with E-state index in [4.69, 9.17) is 4.74 Å². The van der Waals surface area contributed by atoms with Gasteiger partial charge in [0, 0.05) is 6.54 Å². The van der Waals surface area contributed by atoms with Crippen molar-refractivity contribution in [2.24, 2.45) is 0 Å². The van der Waals surface area contributed by atoms with Gasteiger partial charge in [0.15, 0.2) is 16.4 Å². The monoisotopic (exact) mass is 421 g/mol. The molecule has 10 heteroatoms. The van der Waals surface area contributed by atoms with E-state index in [-0.39, 0.29) is 22.6 Å². The number of aromatic nitrogens is 2. The highest BCUT2D eigenvalue weighted by Gasteiger charge is 2.39. The van der Waals surface area contributed by atoms with Gasteiger partial charge in [0.1, 0.15) is 5.69 Å². The van der Waals surface area contributed by atoms with Gasteiger partial charge in [-0.1, -0.05) is 0 Å². The van der Waals surface area contributed by atoms with Gasteiger partial charge in [0.2, 0.25) is 0 Å². The number of sulfone groups is 1. The summed E-state index contributed by atoms with van der Waals surface area (Å²) in [5.41, 5.74) is 0.571. The van der Waals surface area contributed by atoms with Crippen LogP contribution in [0.3, 0.4) is 0 Å². The van der Waals surface area contributed by atoms with Crippen LogP contribution in [0.15, 0.2) is 23.0 Å². The topological polar surface area (TPSA) is 124 Å². The Morgan fingerprint density at radius 3 is 2.69 bits per heavy atom. The van der Waals surface area contributed by atoms with E-state index in [0.29, 0.717) is 29.7 Å². The Balaban J connectivity index is 1.69. The number of nitrogens with zero attached hydrogens (tertiary/aromatic N) is 2. The zero-order valence-corrected chi connectivity index (χ0v) is 17.3. The summed E-state index contributed by atoms with van der Waals surface area (Å²) in [6.07, 6.45) is 0.323. The molecule has 1 saturated heterocycles. The van der Waals surface area contributed by atoms with Crippen LogP contribution in [0, 0.1) is 6.92 Å². The predicted molar refractivity (Wildman–Crippen MR) is 107 cm³/mol. The molecule has 29 heavy (non-hydrogen) atoms. The van der Waals surface area contributed by atoms with Crippen LogP contribution in [0.1, 0.15) is 36.3 Å². The van der Waals surface area contributed by atoms with Gasteiger partial charge >= 0.3 is 5.97 Å². The number of nitrogens with one attached hydrogen (secondary N) is 1. The SMILES string of the molecule is CCn1c(=O)c(C)nc2cc(C(=O)OCC(=O)N[C@@]3(C)CCS(=O)(=O)C3)ccc21. The molecule has 0 bridgehead atoms. The summed E-state index contributed by atoms with van der Waals surface area (Å²) in [5.74, 6) is -1.38. The smallest absolute Gasteiger partial charge is 0.338 e. The van der Waals surface area contributed by atoms with Crippen LogP contribution in [0.4, 0.5) is 0 Å². The highest BCUT2D eigenvalue weighted by atomic mass is 32.2. The largest absolute Gasteiger partial charge is 0.452 e. The van der Waals surface area contributed by atoms with Crippen LogP contribution in [-0.4, -0.2) is 53.5 Å². The average molecular weight is 421 g/mol. The number of hydrogen-bond acceptors (Lipinski definition) is 7. The Morgan fingerprint density at radius 1 is 1.34 bits per heavy atom. The Labute approximate surface area is 168 Å². The fourth-order valence-corrected chi connectivity index (χ4v) is 5.60. The third-order valence-corrected chi connectivity index (χ3v) is 6.84. The molecular weight excluding hydrogens is 398 g/mol. The summed E-state index contributed by atoms with van der Waals surface area (Å²) in [6, 6.07) is 4.64. The molecule has 1 aromatic carbocycles. The summed E-state index contributed by atoms with van der Waals surface area (Å²) in [5, 5.41) is 2.63. The van der Waals surface area contributed by atoms with Crippen LogP contribution < -0.4 is 10.9 Å². The van der Waals surface area contributed by atoms with Crippen molar-refractivity contribution in [3.63, 3.8) is 0 Å². The average Bonchev–Trinajstić information content (AvgIpc) is 2.93. The van der Waals surface area contributed by atoms with E-state index in [2.05, 4.69) is 10.3 Å². The number of ether oxygens (including phenoxy) is 1. The first kappa shape index (κ1) is 21.0. The molecule has 1 aliphatic rings. The molecule has 1 atom stereocenters. The molecule has 0 aliphatic carbocycles. The fourth-order valence-electron chi connectivity index (χ4n) is 3.51. The van der Waals surface area contributed by atoms with Crippen LogP contribution in [0.25, 0.3) is 11.0 Å². The normalized spacial score (nSPS) is 20.5. The number of carbonyl (C=O) groups excluding carboxylic acids is 2. The lowest BCUT2D eigenvalue weighted by Gasteiger charge is -2.23. The molecule has 1 fully saturated rings. The van der Waals surface area contributed by atoms with E-state index in [0.717, 1.165) is 0 Å². The number of benzene rings is 1. The van der Waals surface area contributed by atoms with Crippen LogP contribution in [0.5, 0.6) is 0 Å². The van der Waals surface area contributed by atoms with E-state index in [1.54, 1.807) is 24.5 Å². The third kappa shape index (κ3) is 4.47. The zero-order valence-electron chi connectivity index (χ0n) is 16.5. The van der Waals surface area contributed by atoms with Crippen molar-refractivity contribution in [2.75, 3.05) is 18.1 Å². The molecule has 1 amide bonds. The quantitative estimate of drug-likeness (QED) is 0.700. The summed E-state index contributed by atoms with van der Waals surface area (Å²) >= 11 is 0. The number of fused-ring (bicyclic) bond motifs is 1. The molecule has 0 radical (unpaired) electrons. The van der Waals surface area contributed by atoms with E-state index < -0.39 is 33.9 Å². The van der Waals surface area contributed by atoms with Crippen molar-refractivity contribution in [3.05, 3.63) is 39.8 Å². The van der Waals surface area contributed by atoms with Gasteiger partial charge in [-0.05, 0) is 45.4 Å². The lowest BCUT2D eigenvalue weighted by atomic mass is 10.0. The lowest BCUT2D eigenvalue weighted by Crippen LogP contribution is -2.48. The second-order valence-corrected chi connectivity index (χ2v) is 9.66. The van der Waals surface area contributed by atoms with E-state index in [1.165, 1.54) is 12.1 Å². The van der Waals surface area contributed by atoms with Crippen molar-refractivity contribution in [2.45, 2.75) is 39.3 Å². The van der Waals surface area contributed by atoms with Crippen LogP contribution >= 0.6 is 0 Å². The van der Waals surface area contributed by atoms with Gasteiger partial charge in [-0.25, -0.2) is 18.2 Å². The summed E-state index contributed by atoms with van der Waals surface area (Å²) in [4.78, 5) is 40.8. The minimum absolute atomic E-state index is 0.0237. The highest BCUT2D eigenvalue weighted by Crippen LogP contribution is 2.22. The van der Waals surface area contributed by atoms with E-state index in [1.807, 2.05) is 6.92 Å². The maximum atomic E-state index is 12.3. The number of rotatable bonds is 5. The molecule has 0 saturated carbocycles. The molecule has 2 aromatic rings. The van der Waals surface area contributed by atoms with Gasteiger partial charge < -0.3 is 14.6 Å². The van der Waals surface area contributed by atoms with Gasteiger partial charge in [0.25, 0.3) is 11.5 Å². The van der Waals surface area contributed by atoms with E-state index >= 15 is 0 Å². The molecule has 3 rings (SSSR count). The maximum absolute atomic E-state index is 12.3. The first-order valence-corrected chi connectivity index (χ1v) is 11.1. The molecule has 0 spiro atoms. The Morgan fingerprint density at radius 2 is 2.07 bits per heavy atom.